The molecule has 1 aromatic carbocycles. The Bertz CT molecular complexity index is 300. The molecule has 0 saturated carbocycles. The molecule has 3 heteroatoms. The van der Waals surface area contributed by atoms with Gasteiger partial charge in [0.05, 0.1) is 12.7 Å². The zero-order chi connectivity index (χ0) is 11.8. The lowest BCUT2D eigenvalue weighted by Crippen LogP contribution is -2.18. The molecule has 0 aliphatic rings. The Kier molecular flexibility index (Phi) is 6.08. The van der Waals surface area contributed by atoms with Crippen molar-refractivity contribution >= 4 is 0 Å². The number of aliphatic hydroxyl groups excluding tert-OH is 1. The average molecular weight is 223 g/mol. The van der Waals surface area contributed by atoms with Crippen molar-refractivity contribution in [3.63, 3.8) is 0 Å². The topological polar surface area (TPSA) is 41.5 Å². The molecule has 0 aliphatic heterocycles. The van der Waals surface area contributed by atoms with E-state index in [0.29, 0.717) is 6.61 Å². The molecule has 0 heterocycles. The highest BCUT2D eigenvalue weighted by Crippen LogP contribution is 2.06. The first kappa shape index (κ1) is 13.2. The van der Waals surface area contributed by atoms with Crippen LogP contribution in [0, 0.1) is 0 Å². The zero-order valence-corrected chi connectivity index (χ0v) is 10.1. The second-order valence-corrected chi connectivity index (χ2v) is 4.07. The number of ether oxygens (including phenoxy) is 1. The molecule has 90 valence electrons. The molecular formula is C13H21NO2. The summed E-state index contributed by atoms with van der Waals surface area (Å²) in [7, 11) is 1.70. The SMILES string of the molecule is COCc1cccc(CNCCC(C)O)c1. The maximum Gasteiger partial charge on any atom is 0.0713 e. The largest absolute Gasteiger partial charge is 0.393 e. The molecule has 0 saturated heterocycles. The highest BCUT2D eigenvalue weighted by Gasteiger charge is 1.97. The van der Waals surface area contributed by atoms with Gasteiger partial charge < -0.3 is 15.2 Å². The fourth-order valence-corrected chi connectivity index (χ4v) is 1.54. The van der Waals surface area contributed by atoms with E-state index in [2.05, 4.69) is 23.5 Å². The Morgan fingerprint density at radius 3 is 2.81 bits per heavy atom. The number of hydrogen-bond donors (Lipinski definition) is 2. The molecule has 0 aliphatic carbocycles. The molecule has 1 rings (SSSR count). The monoisotopic (exact) mass is 223 g/mol. The van der Waals surface area contributed by atoms with E-state index in [9.17, 15) is 0 Å². The van der Waals surface area contributed by atoms with Crippen LogP contribution >= 0.6 is 0 Å². The summed E-state index contributed by atoms with van der Waals surface area (Å²) in [4.78, 5) is 0. The first-order valence-corrected chi connectivity index (χ1v) is 5.68. The van der Waals surface area contributed by atoms with Crippen LogP contribution in [0.15, 0.2) is 24.3 Å². The van der Waals surface area contributed by atoms with Gasteiger partial charge in [0.2, 0.25) is 0 Å². The number of hydrogen-bond acceptors (Lipinski definition) is 3. The van der Waals surface area contributed by atoms with Crippen molar-refractivity contribution in [3.8, 4) is 0 Å². The Labute approximate surface area is 97.4 Å². The van der Waals surface area contributed by atoms with Gasteiger partial charge >= 0.3 is 0 Å². The van der Waals surface area contributed by atoms with Gasteiger partial charge in [-0.05, 0) is 31.0 Å². The van der Waals surface area contributed by atoms with Crippen LogP contribution in [0.5, 0.6) is 0 Å². The van der Waals surface area contributed by atoms with Gasteiger partial charge in [0.1, 0.15) is 0 Å². The molecule has 0 radical (unpaired) electrons. The van der Waals surface area contributed by atoms with Crippen LogP contribution in [0.25, 0.3) is 0 Å². The van der Waals surface area contributed by atoms with E-state index in [1.54, 1.807) is 14.0 Å². The van der Waals surface area contributed by atoms with Crippen LogP contribution in [0.3, 0.4) is 0 Å². The predicted octanol–water partition coefficient (Wildman–Crippen LogP) is 1.69. The van der Waals surface area contributed by atoms with Gasteiger partial charge in [-0.2, -0.15) is 0 Å². The zero-order valence-electron chi connectivity index (χ0n) is 10.1. The van der Waals surface area contributed by atoms with Crippen molar-refractivity contribution in [2.24, 2.45) is 0 Å². The van der Waals surface area contributed by atoms with E-state index in [-0.39, 0.29) is 6.10 Å². The Balaban J connectivity index is 2.33. The quantitative estimate of drug-likeness (QED) is 0.691. The summed E-state index contributed by atoms with van der Waals surface area (Å²) in [6.07, 6.45) is 0.560. The van der Waals surface area contributed by atoms with E-state index in [1.165, 1.54) is 11.1 Å². The van der Waals surface area contributed by atoms with Gasteiger partial charge in [-0.25, -0.2) is 0 Å². The average Bonchev–Trinajstić information content (AvgIpc) is 2.25. The minimum absolute atomic E-state index is 0.229. The molecule has 0 amide bonds. The maximum atomic E-state index is 9.11. The summed E-state index contributed by atoms with van der Waals surface area (Å²) in [6, 6.07) is 8.33. The maximum absolute atomic E-state index is 9.11. The molecular weight excluding hydrogens is 202 g/mol. The standard InChI is InChI=1S/C13H21NO2/c1-11(15)6-7-14-9-12-4-3-5-13(8-12)10-16-2/h3-5,8,11,14-15H,6-7,9-10H2,1-2H3. The third kappa shape index (κ3) is 5.26. The third-order valence-electron chi connectivity index (χ3n) is 2.37. The molecule has 2 N–H and O–H groups in total. The molecule has 0 aromatic heterocycles. The van der Waals surface area contributed by atoms with Crippen molar-refractivity contribution in [2.45, 2.75) is 32.6 Å². The van der Waals surface area contributed by atoms with Crippen molar-refractivity contribution in [3.05, 3.63) is 35.4 Å². The number of nitrogens with one attached hydrogen (secondary N) is 1. The summed E-state index contributed by atoms with van der Waals surface area (Å²) in [5.74, 6) is 0. The number of aliphatic hydroxyl groups is 1. The third-order valence-corrected chi connectivity index (χ3v) is 2.37. The number of benzene rings is 1. The normalized spacial score (nSPS) is 12.7. The molecule has 1 unspecified atom stereocenters. The lowest BCUT2D eigenvalue weighted by atomic mass is 10.1. The summed E-state index contributed by atoms with van der Waals surface area (Å²) < 4.78 is 5.09. The fourth-order valence-electron chi connectivity index (χ4n) is 1.54. The van der Waals surface area contributed by atoms with Gasteiger partial charge in [0.15, 0.2) is 0 Å². The van der Waals surface area contributed by atoms with Gasteiger partial charge in [0, 0.05) is 13.7 Å². The Hall–Kier alpha value is -0.900. The summed E-state index contributed by atoms with van der Waals surface area (Å²) in [5.41, 5.74) is 2.44. The first-order chi connectivity index (χ1) is 7.72. The van der Waals surface area contributed by atoms with Gasteiger partial charge in [-0.15, -0.1) is 0 Å². The van der Waals surface area contributed by atoms with Crippen LogP contribution in [0.1, 0.15) is 24.5 Å². The first-order valence-electron chi connectivity index (χ1n) is 5.68. The molecule has 0 fully saturated rings. The van der Waals surface area contributed by atoms with Crippen LogP contribution < -0.4 is 5.32 Å². The van der Waals surface area contributed by atoms with Crippen LogP contribution in [-0.2, 0) is 17.9 Å². The van der Waals surface area contributed by atoms with Gasteiger partial charge in [-0.3, -0.25) is 0 Å². The van der Waals surface area contributed by atoms with E-state index >= 15 is 0 Å². The number of methoxy groups -OCH3 is 1. The summed E-state index contributed by atoms with van der Waals surface area (Å²) >= 11 is 0. The molecule has 0 bridgehead atoms. The minimum atomic E-state index is -0.229. The Morgan fingerprint density at radius 1 is 1.38 bits per heavy atom. The van der Waals surface area contributed by atoms with Gasteiger partial charge in [0.25, 0.3) is 0 Å². The molecule has 16 heavy (non-hydrogen) atoms. The van der Waals surface area contributed by atoms with E-state index in [1.807, 2.05) is 6.07 Å². The highest BCUT2D eigenvalue weighted by atomic mass is 16.5. The molecule has 1 atom stereocenters. The number of rotatable bonds is 7. The van der Waals surface area contributed by atoms with Crippen LogP contribution in [-0.4, -0.2) is 24.9 Å². The molecule has 1 aromatic rings. The van der Waals surface area contributed by atoms with Crippen molar-refractivity contribution < 1.29 is 9.84 Å². The van der Waals surface area contributed by atoms with Crippen molar-refractivity contribution in [1.82, 2.24) is 5.32 Å². The van der Waals surface area contributed by atoms with Crippen molar-refractivity contribution in [1.29, 1.82) is 0 Å². The molecule has 0 spiro atoms. The smallest absolute Gasteiger partial charge is 0.0713 e. The second kappa shape index (κ2) is 7.39. The minimum Gasteiger partial charge on any atom is -0.393 e. The van der Waals surface area contributed by atoms with Crippen molar-refractivity contribution in [2.75, 3.05) is 13.7 Å². The predicted molar refractivity (Wildman–Crippen MR) is 65.2 cm³/mol. The Morgan fingerprint density at radius 2 is 2.12 bits per heavy atom. The van der Waals surface area contributed by atoms with Crippen LogP contribution in [0.4, 0.5) is 0 Å². The summed E-state index contributed by atoms with van der Waals surface area (Å²) in [5, 5.41) is 12.4. The van der Waals surface area contributed by atoms with E-state index < -0.39 is 0 Å². The highest BCUT2D eigenvalue weighted by molar-refractivity contribution is 5.22. The fraction of sp³-hybridized carbons (Fsp3) is 0.538. The van der Waals surface area contributed by atoms with E-state index in [0.717, 1.165) is 19.5 Å². The van der Waals surface area contributed by atoms with E-state index in [4.69, 9.17) is 9.84 Å². The lowest BCUT2D eigenvalue weighted by Gasteiger charge is -2.08. The van der Waals surface area contributed by atoms with Gasteiger partial charge in [-0.1, -0.05) is 24.3 Å². The summed E-state index contributed by atoms with van der Waals surface area (Å²) in [6.45, 7) is 4.14. The second-order valence-electron chi connectivity index (χ2n) is 4.07. The van der Waals surface area contributed by atoms with Crippen LogP contribution in [0.2, 0.25) is 0 Å². The molecule has 3 nitrogen and oxygen atoms in total. The lowest BCUT2D eigenvalue weighted by molar-refractivity contribution is 0.183.